The van der Waals surface area contributed by atoms with Crippen LogP contribution in [0.1, 0.15) is 37.6 Å². The van der Waals surface area contributed by atoms with Crippen LogP contribution in [0.2, 0.25) is 0 Å². The van der Waals surface area contributed by atoms with Crippen LogP contribution in [0.4, 0.5) is 5.82 Å². The van der Waals surface area contributed by atoms with Crippen molar-refractivity contribution in [1.82, 2.24) is 15.0 Å². The Bertz CT molecular complexity index is 586. The number of nitrogens with one attached hydrogen (secondary N) is 1. The van der Waals surface area contributed by atoms with Gasteiger partial charge in [0, 0.05) is 25.0 Å². The Kier molecular flexibility index (Phi) is 6.75. The Morgan fingerprint density at radius 1 is 1.26 bits per heavy atom. The molecular formula is C17H24N4O2. The third-order valence-electron chi connectivity index (χ3n) is 3.47. The van der Waals surface area contributed by atoms with Crippen molar-refractivity contribution in [3.63, 3.8) is 0 Å². The van der Waals surface area contributed by atoms with E-state index < -0.39 is 0 Å². The first-order valence-electron chi connectivity index (χ1n) is 7.95. The van der Waals surface area contributed by atoms with Crippen LogP contribution >= 0.6 is 0 Å². The molecule has 0 fully saturated rings. The van der Waals surface area contributed by atoms with Crippen molar-refractivity contribution in [3.8, 4) is 5.75 Å². The first-order chi connectivity index (χ1) is 11.2. The number of aliphatic hydroxyl groups excluding tert-OH is 1. The Morgan fingerprint density at radius 3 is 2.74 bits per heavy atom. The van der Waals surface area contributed by atoms with Crippen molar-refractivity contribution in [2.45, 2.75) is 45.8 Å². The summed E-state index contributed by atoms with van der Waals surface area (Å²) in [6, 6.07) is 3.99. The smallest absolute Gasteiger partial charge is 0.180 e. The lowest BCUT2D eigenvalue weighted by molar-refractivity contribution is 0.275. The second-order valence-corrected chi connectivity index (χ2v) is 5.42. The van der Waals surface area contributed by atoms with Gasteiger partial charge in [0.2, 0.25) is 0 Å². The minimum absolute atomic E-state index is 0.148. The zero-order chi connectivity index (χ0) is 16.5. The predicted molar refractivity (Wildman–Crippen MR) is 89.4 cm³/mol. The van der Waals surface area contributed by atoms with Crippen molar-refractivity contribution in [3.05, 3.63) is 42.1 Å². The predicted octanol–water partition coefficient (Wildman–Crippen LogP) is 2.72. The van der Waals surface area contributed by atoms with E-state index in [-0.39, 0.29) is 12.6 Å². The molecule has 0 aliphatic rings. The summed E-state index contributed by atoms with van der Waals surface area (Å²) >= 11 is 0. The molecule has 0 unspecified atom stereocenters. The number of pyridine rings is 1. The Labute approximate surface area is 137 Å². The summed E-state index contributed by atoms with van der Waals surface area (Å²) in [6.45, 7) is 4.55. The highest BCUT2D eigenvalue weighted by molar-refractivity contribution is 5.49. The Morgan fingerprint density at radius 2 is 2.04 bits per heavy atom. The molecule has 0 aromatic carbocycles. The normalized spacial score (nSPS) is 12.0. The largest absolute Gasteiger partial charge is 0.483 e. The van der Waals surface area contributed by atoms with E-state index in [0.29, 0.717) is 30.4 Å². The quantitative estimate of drug-likeness (QED) is 0.740. The molecule has 0 saturated heterocycles. The van der Waals surface area contributed by atoms with Gasteiger partial charge in [-0.1, -0.05) is 13.3 Å². The highest BCUT2D eigenvalue weighted by Gasteiger charge is 2.13. The molecule has 124 valence electrons. The van der Waals surface area contributed by atoms with Gasteiger partial charge in [0.25, 0.3) is 0 Å². The molecule has 6 heteroatoms. The topological polar surface area (TPSA) is 80.2 Å². The average Bonchev–Trinajstić information content (AvgIpc) is 2.55. The molecule has 2 N–H and O–H groups in total. The van der Waals surface area contributed by atoms with E-state index in [1.807, 2.05) is 19.1 Å². The maximum atomic E-state index is 9.21. The van der Waals surface area contributed by atoms with E-state index in [1.165, 1.54) is 0 Å². The highest BCUT2D eigenvalue weighted by Crippen LogP contribution is 2.24. The minimum Gasteiger partial charge on any atom is -0.483 e. The van der Waals surface area contributed by atoms with Crippen molar-refractivity contribution < 1.29 is 9.84 Å². The average molecular weight is 316 g/mol. The molecule has 1 atom stereocenters. The van der Waals surface area contributed by atoms with E-state index in [2.05, 4.69) is 27.2 Å². The van der Waals surface area contributed by atoms with Crippen LogP contribution in [-0.2, 0) is 6.61 Å². The summed E-state index contributed by atoms with van der Waals surface area (Å²) in [5, 5.41) is 12.6. The fourth-order valence-corrected chi connectivity index (χ4v) is 2.29. The van der Waals surface area contributed by atoms with Crippen LogP contribution < -0.4 is 10.1 Å². The molecule has 23 heavy (non-hydrogen) atoms. The van der Waals surface area contributed by atoms with Gasteiger partial charge in [0.15, 0.2) is 11.6 Å². The standard InChI is InChI=1S/C17H24N4O2/c1-3-4-15(7-10-22)21-17-16(11-19-13(2)20-17)23-12-14-5-8-18-9-6-14/h5-6,8-9,11,15,22H,3-4,7,10,12H2,1-2H3,(H,19,20,21)/t15-/m0/s1. The van der Waals surface area contributed by atoms with Crippen LogP contribution in [-0.4, -0.2) is 32.7 Å². The monoisotopic (exact) mass is 316 g/mol. The van der Waals surface area contributed by atoms with Gasteiger partial charge in [-0.2, -0.15) is 0 Å². The first kappa shape index (κ1) is 17.1. The second kappa shape index (κ2) is 9.05. The molecule has 2 aromatic heterocycles. The molecule has 2 rings (SSSR count). The molecule has 2 heterocycles. The molecule has 0 saturated carbocycles. The Balaban J connectivity index is 2.09. The van der Waals surface area contributed by atoms with E-state index in [4.69, 9.17) is 4.74 Å². The number of hydrogen-bond acceptors (Lipinski definition) is 6. The molecule has 0 radical (unpaired) electrons. The maximum Gasteiger partial charge on any atom is 0.180 e. The third-order valence-corrected chi connectivity index (χ3v) is 3.47. The summed E-state index contributed by atoms with van der Waals surface area (Å²) in [7, 11) is 0. The number of aliphatic hydroxyl groups is 1. The van der Waals surface area contributed by atoms with Crippen LogP contribution in [0.3, 0.4) is 0 Å². The molecule has 0 bridgehead atoms. The van der Waals surface area contributed by atoms with Crippen molar-refractivity contribution in [2.75, 3.05) is 11.9 Å². The summed E-state index contributed by atoms with van der Waals surface area (Å²) in [4.78, 5) is 12.7. The number of ether oxygens (including phenoxy) is 1. The van der Waals surface area contributed by atoms with Crippen molar-refractivity contribution >= 4 is 5.82 Å². The van der Waals surface area contributed by atoms with Gasteiger partial charge in [-0.05, 0) is 37.5 Å². The van der Waals surface area contributed by atoms with Gasteiger partial charge in [0.1, 0.15) is 12.4 Å². The van der Waals surface area contributed by atoms with Crippen molar-refractivity contribution in [2.24, 2.45) is 0 Å². The third kappa shape index (κ3) is 5.49. The fourth-order valence-electron chi connectivity index (χ4n) is 2.29. The van der Waals surface area contributed by atoms with E-state index >= 15 is 0 Å². The summed E-state index contributed by atoms with van der Waals surface area (Å²) in [5.74, 6) is 1.98. The maximum absolute atomic E-state index is 9.21. The van der Waals surface area contributed by atoms with E-state index in [0.717, 1.165) is 18.4 Å². The molecule has 0 amide bonds. The number of rotatable bonds is 9. The van der Waals surface area contributed by atoms with Gasteiger partial charge in [0.05, 0.1) is 6.20 Å². The van der Waals surface area contributed by atoms with E-state index in [9.17, 15) is 5.11 Å². The number of hydrogen-bond donors (Lipinski definition) is 2. The van der Waals surface area contributed by atoms with Gasteiger partial charge in [-0.3, -0.25) is 4.98 Å². The molecule has 0 aliphatic carbocycles. The lowest BCUT2D eigenvalue weighted by Gasteiger charge is -2.20. The number of nitrogens with zero attached hydrogens (tertiary/aromatic N) is 3. The summed E-state index contributed by atoms with van der Waals surface area (Å²) in [6.07, 6.45) is 7.85. The van der Waals surface area contributed by atoms with Crippen LogP contribution in [0.25, 0.3) is 0 Å². The van der Waals surface area contributed by atoms with E-state index in [1.54, 1.807) is 18.6 Å². The van der Waals surface area contributed by atoms with Crippen molar-refractivity contribution in [1.29, 1.82) is 0 Å². The summed E-state index contributed by atoms with van der Waals surface area (Å²) in [5.41, 5.74) is 1.03. The van der Waals surface area contributed by atoms with Crippen LogP contribution in [0.5, 0.6) is 5.75 Å². The van der Waals surface area contributed by atoms with Gasteiger partial charge >= 0.3 is 0 Å². The number of aryl methyl sites for hydroxylation is 1. The summed E-state index contributed by atoms with van der Waals surface area (Å²) < 4.78 is 5.86. The van der Waals surface area contributed by atoms with Gasteiger partial charge in [-0.25, -0.2) is 9.97 Å². The Hall–Kier alpha value is -2.21. The first-order valence-corrected chi connectivity index (χ1v) is 7.95. The number of aromatic nitrogens is 3. The zero-order valence-corrected chi connectivity index (χ0v) is 13.7. The lowest BCUT2D eigenvalue weighted by atomic mass is 10.1. The highest BCUT2D eigenvalue weighted by atomic mass is 16.5. The zero-order valence-electron chi connectivity index (χ0n) is 13.7. The lowest BCUT2D eigenvalue weighted by Crippen LogP contribution is -2.22. The second-order valence-electron chi connectivity index (χ2n) is 5.42. The molecule has 2 aromatic rings. The van der Waals surface area contributed by atoms with Gasteiger partial charge < -0.3 is 15.2 Å². The molecule has 0 aliphatic heterocycles. The SMILES string of the molecule is CCC[C@@H](CCO)Nc1nc(C)ncc1OCc1ccncc1. The molecule has 0 spiro atoms. The van der Waals surface area contributed by atoms with Crippen LogP contribution in [0, 0.1) is 6.92 Å². The van der Waals surface area contributed by atoms with Crippen LogP contribution in [0.15, 0.2) is 30.7 Å². The van der Waals surface area contributed by atoms with Gasteiger partial charge in [-0.15, -0.1) is 0 Å². The minimum atomic E-state index is 0.148. The molecule has 6 nitrogen and oxygen atoms in total. The molecular weight excluding hydrogens is 292 g/mol. The number of anilines is 1. The fraction of sp³-hybridized carbons (Fsp3) is 0.471.